The third-order valence-electron chi connectivity index (χ3n) is 3.14. The van der Waals surface area contributed by atoms with Crippen molar-refractivity contribution in [2.45, 2.75) is 0 Å². The molecule has 19 heavy (non-hydrogen) atoms. The van der Waals surface area contributed by atoms with Crippen LogP contribution in [0.4, 0.5) is 5.95 Å². The van der Waals surface area contributed by atoms with Crippen LogP contribution in [-0.2, 0) is 0 Å². The van der Waals surface area contributed by atoms with E-state index in [1.165, 1.54) is 0 Å². The standard InChI is InChI=1S/C12H19BrN4O2/c1-18-10-9-11(19-2)15-12(14-10)17-7-5-16(4-3-13)6-8-17/h9H,3-8H2,1-2H3. The van der Waals surface area contributed by atoms with E-state index in [0.29, 0.717) is 17.7 Å². The van der Waals surface area contributed by atoms with Gasteiger partial charge in [0.2, 0.25) is 17.7 Å². The molecule has 0 N–H and O–H groups in total. The van der Waals surface area contributed by atoms with Crippen molar-refractivity contribution < 1.29 is 9.47 Å². The second-order valence-electron chi connectivity index (χ2n) is 4.27. The molecule has 6 nitrogen and oxygen atoms in total. The minimum absolute atomic E-state index is 0.532. The smallest absolute Gasteiger partial charge is 0.232 e. The van der Waals surface area contributed by atoms with Gasteiger partial charge in [-0.25, -0.2) is 0 Å². The van der Waals surface area contributed by atoms with Gasteiger partial charge in [-0.3, -0.25) is 4.90 Å². The molecule has 1 aromatic rings. The molecule has 0 atom stereocenters. The second-order valence-corrected chi connectivity index (χ2v) is 5.06. The Morgan fingerprint density at radius 2 is 1.68 bits per heavy atom. The van der Waals surface area contributed by atoms with E-state index >= 15 is 0 Å². The summed E-state index contributed by atoms with van der Waals surface area (Å²) in [6, 6.07) is 1.69. The third-order valence-corrected chi connectivity index (χ3v) is 3.50. The Balaban J connectivity index is 2.06. The number of piperazine rings is 1. The second kappa shape index (κ2) is 6.91. The van der Waals surface area contributed by atoms with Crippen LogP contribution >= 0.6 is 15.9 Å². The maximum absolute atomic E-state index is 5.17. The zero-order valence-corrected chi connectivity index (χ0v) is 12.9. The van der Waals surface area contributed by atoms with Crippen molar-refractivity contribution in [1.82, 2.24) is 14.9 Å². The van der Waals surface area contributed by atoms with Crippen molar-refractivity contribution in [1.29, 1.82) is 0 Å². The summed E-state index contributed by atoms with van der Waals surface area (Å²) in [4.78, 5) is 13.3. The number of rotatable bonds is 5. The molecule has 2 rings (SSSR count). The molecule has 0 radical (unpaired) electrons. The zero-order valence-electron chi connectivity index (χ0n) is 11.3. The van der Waals surface area contributed by atoms with E-state index in [0.717, 1.165) is 38.1 Å². The first kappa shape index (κ1) is 14.3. The quantitative estimate of drug-likeness (QED) is 0.751. The molecular weight excluding hydrogens is 312 g/mol. The minimum atomic E-state index is 0.532. The predicted molar refractivity (Wildman–Crippen MR) is 77.6 cm³/mol. The third kappa shape index (κ3) is 3.70. The predicted octanol–water partition coefficient (Wildman–Crippen LogP) is 1.01. The molecule has 0 unspecified atom stereocenters. The SMILES string of the molecule is COc1cc(OC)nc(N2CCN(CCBr)CC2)n1. The van der Waals surface area contributed by atoms with E-state index in [9.17, 15) is 0 Å². The molecule has 0 amide bonds. The summed E-state index contributed by atoms with van der Waals surface area (Å²) in [5.74, 6) is 1.74. The van der Waals surface area contributed by atoms with Crippen molar-refractivity contribution in [3.63, 3.8) is 0 Å². The maximum atomic E-state index is 5.17. The van der Waals surface area contributed by atoms with Crippen LogP contribution in [0.5, 0.6) is 11.8 Å². The van der Waals surface area contributed by atoms with Crippen LogP contribution in [0.25, 0.3) is 0 Å². The molecule has 7 heteroatoms. The zero-order chi connectivity index (χ0) is 13.7. The van der Waals surface area contributed by atoms with Gasteiger partial charge in [-0.05, 0) is 0 Å². The van der Waals surface area contributed by atoms with E-state index in [-0.39, 0.29) is 0 Å². The molecule has 0 saturated carbocycles. The van der Waals surface area contributed by atoms with Gasteiger partial charge in [0, 0.05) is 38.1 Å². The number of methoxy groups -OCH3 is 2. The first-order chi connectivity index (χ1) is 9.26. The Morgan fingerprint density at radius 1 is 1.11 bits per heavy atom. The van der Waals surface area contributed by atoms with Crippen LogP contribution in [0.15, 0.2) is 6.07 Å². The minimum Gasteiger partial charge on any atom is -0.481 e. The van der Waals surface area contributed by atoms with Crippen molar-refractivity contribution in [3.05, 3.63) is 6.07 Å². The van der Waals surface area contributed by atoms with Crippen LogP contribution < -0.4 is 14.4 Å². The highest BCUT2D eigenvalue weighted by Gasteiger charge is 2.19. The number of nitrogens with zero attached hydrogens (tertiary/aromatic N) is 4. The summed E-state index contributed by atoms with van der Waals surface area (Å²) in [6.07, 6.45) is 0. The molecule has 1 aliphatic heterocycles. The molecule has 0 bridgehead atoms. The van der Waals surface area contributed by atoms with Crippen molar-refractivity contribution >= 4 is 21.9 Å². The lowest BCUT2D eigenvalue weighted by molar-refractivity contribution is 0.271. The largest absolute Gasteiger partial charge is 0.481 e. The van der Waals surface area contributed by atoms with Gasteiger partial charge in [0.15, 0.2) is 0 Å². The summed E-state index contributed by atoms with van der Waals surface area (Å²) in [5.41, 5.74) is 0. The number of hydrogen-bond donors (Lipinski definition) is 0. The van der Waals surface area contributed by atoms with E-state index in [2.05, 4.69) is 35.7 Å². The monoisotopic (exact) mass is 330 g/mol. The molecule has 0 spiro atoms. The number of halogens is 1. The summed E-state index contributed by atoms with van der Waals surface area (Å²) in [6.45, 7) is 4.96. The number of alkyl halides is 1. The molecule has 106 valence electrons. The van der Waals surface area contributed by atoms with Crippen LogP contribution in [0.3, 0.4) is 0 Å². The molecule has 1 aliphatic rings. The van der Waals surface area contributed by atoms with Gasteiger partial charge >= 0.3 is 0 Å². The van der Waals surface area contributed by atoms with Gasteiger partial charge in [-0.1, -0.05) is 15.9 Å². The summed E-state index contributed by atoms with van der Waals surface area (Å²) in [5, 5.41) is 1.01. The number of anilines is 1. The lowest BCUT2D eigenvalue weighted by atomic mass is 10.3. The van der Waals surface area contributed by atoms with E-state index in [4.69, 9.17) is 9.47 Å². The molecule has 2 heterocycles. The topological polar surface area (TPSA) is 50.7 Å². The van der Waals surface area contributed by atoms with E-state index in [1.54, 1.807) is 20.3 Å². The van der Waals surface area contributed by atoms with Gasteiger partial charge in [-0.2, -0.15) is 9.97 Å². The Hall–Kier alpha value is -1.08. The van der Waals surface area contributed by atoms with Crippen LogP contribution in [0, 0.1) is 0 Å². The first-order valence-electron chi connectivity index (χ1n) is 6.27. The van der Waals surface area contributed by atoms with E-state index in [1.807, 2.05) is 0 Å². The highest BCUT2D eigenvalue weighted by atomic mass is 79.9. The van der Waals surface area contributed by atoms with Crippen molar-refractivity contribution in [2.24, 2.45) is 0 Å². The number of aromatic nitrogens is 2. The summed E-state index contributed by atoms with van der Waals surface area (Å²) < 4.78 is 10.3. The lowest BCUT2D eigenvalue weighted by Gasteiger charge is -2.34. The molecule has 1 aromatic heterocycles. The number of ether oxygens (including phenoxy) is 2. The fourth-order valence-corrected chi connectivity index (χ4v) is 2.54. The Bertz CT molecular complexity index is 388. The van der Waals surface area contributed by atoms with Crippen molar-refractivity contribution in [3.8, 4) is 11.8 Å². The van der Waals surface area contributed by atoms with Gasteiger partial charge in [0.05, 0.1) is 20.3 Å². The van der Waals surface area contributed by atoms with Crippen LogP contribution in [-0.4, -0.2) is 67.1 Å². The lowest BCUT2D eigenvalue weighted by Crippen LogP contribution is -2.47. The van der Waals surface area contributed by atoms with Crippen LogP contribution in [0.2, 0.25) is 0 Å². The molecular formula is C12H19BrN4O2. The highest BCUT2D eigenvalue weighted by Crippen LogP contribution is 2.20. The van der Waals surface area contributed by atoms with Gasteiger partial charge in [0.25, 0.3) is 0 Å². The fourth-order valence-electron chi connectivity index (χ4n) is 2.03. The van der Waals surface area contributed by atoms with E-state index < -0.39 is 0 Å². The van der Waals surface area contributed by atoms with Crippen molar-refractivity contribution in [2.75, 3.05) is 57.2 Å². The maximum Gasteiger partial charge on any atom is 0.232 e. The Labute approximate surface area is 121 Å². The normalized spacial score (nSPS) is 16.5. The highest BCUT2D eigenvalue weighted by molar-refractivity contribution is 9.09. The Kier molecular flexibility index (Phi) is 5.21. The average Bonchev–Trinajstić information content (AvgIpc) is 2.47. The molecule has 0 aromatic carbocycles. The molecule has 1 fully saturated rings. The summed E-state index contributed by atoms with van der Waals surface area (Å²) in [7, 11) is 3.19. The molecule has 0 aliphatic carbocycles. The fraction of sp³-hybridized carbons (Fsp3) is 0.667. The molecule has 1 saturated heterocycles. The van der Waals surface area contributed by atoms with Gasteiger partial charge < -0.3 is 14.4 Å². The van der Waals surface area contributed by atoms with Crippen LogP contribution in [0.1, 0.15) is 0 Å². The first-order valence-corrected chi connectivity index (χ1v) is 7.39. The van der Waals surface area contributed by atoms with Gasteiger partial charge in [0.1, 0.15) is 0 Å². The Morgan fingerprint density at radius 3 is 2.16 bits per heavy atom. The van der Waals surface area contributed by atoms with Gasteiger partial charge in [-0.15, -0.1) is 0 Å². The number of hydrogen-bond acceptors (Lipinski definition) is 6. The summed E-state index contributed by atoms with van der Waals surface area (Å²) >= 11 is 3.47. The average molecular weight is 331 g/mol.